The lowest BCUT2D eigenvalue weighted by molar-refractivity contribution is -0.144. The molecule has 6 rings (SSSR count). The number of ether oxygens (including phenoxy) is 1. The van der Waals surface area contributed by atoms with Crippen molar-refractivity contribution >= 4 is 34.2 Å². The number of nitrogens with zero attached hydrogens (tertiary/aromatic N) is 1. The molecule has 8 nitrogen and oxygen atoms in total. The second-order valence-electron chi connectivity index (χ2n) is 10.8. The summed E-state index contributed by atoms with van der Waals surface area (Å²) in [5.41, 5.74) is 0.468. The highest BCUT2D eigenvalue weighted by Crippen LogP contribution is 2.59. The predicted octanol–water partition coefficient (Wildman–Crippen LogP) is 3.24. The maximum Gasteiger partial charge on any atom is 0.250 e. The molecule has 0 aromatic heterocycles. The van der Waals surface area contributed by atoms with Gasteiger partial charge in [0.15, 0.2) is 0 Å². The van der Waals surface area contributed by atoms with Crippen molar-refractivity contribution in [3.63, 3.8) is 0 Å². The number of nitrogens with one attached hydrogen (secondary N) is 2. The highest BCUT2D eigenvalue weighted by molar-refractivity contribution is 6.04. The van der Waals surface area contributed by atoms with Gasteiger partial charge in [0.1, 0.15) is 11.6 Å². The van der Waals surface area contributed by atoms with E-state index in [2.05, 4.69) is 10.6 Å². The first-order chi connectivity index (χ1) is 19.0. The van der Waals surface area contributed by atoms with Crippen LogP contribution in [-0.4, -0.2) is 58.1 Å². The zero-order valence-corrected chi connectivity index (χ0v) is 21.9. The summed E-state index contributed by atoms with van der Waals surface area (Å²) in [6.45, 7) is 1.94. The van der Waals surface area contributed by atoms with Gasteiger partial charge in [0.05, 0.1) is 30.6 Å². The molecular formula is C31H33N3O5. The zero-order chi connectivity index (χ0) is 27.1. The van der Waals surface area contributed by atoms with Gasteiger partial charge in [-0.05, 0) is 47.7 Å². The summed E-state index contributed by atoms with van der Waals surface area (Å²) in [6.07, 6.45) is 1.14. The number of aliphatic hydroxyl groups excluding tert-OH is 1. The second-order valence-corrected chi connectivity index (χ2v) is 10.8. The molecule has 3 N–H and O–H groups in total. The molecule has 2 unspecified atom stereocenters. The number of fused-ring (bicyclic) bond motifs is 2. The number of benzene rings is 3. The minimum absolute atomic E-state index is 0.239. The van der Waals surface area contributed by atoms with Crippen LogP contribution in [0.5, 0.6) is 0 Å². The van der Waals surface area contributed by atoms with Gasteiger partial charge in [0.25, 0.3) is 0 Å². The van der Waals surface area contributed by atoms with Crippen molar-refractivity contribution in [3.8, 4) is 0 Å². The molecule has 0 saturated carbocycles. The van der Waals surface area contributed by atoms with Crippen molar-refractivity contribution < 1.29 is 24.2 Å². The zero-order valence-electron chi connectivity index (χ0n) is 21.9. The molecule has 3 aromatic rings. The highest BCUT2D eigenvalue weighted by atomic mass is 16.5. The number of hydrogen-bond donors (Lipinski definition) is 3. The Balaban J connectivity index is 1.31. The lowest BCUT2D eigenvalue weighted by Gasteiger charge is -2.36. The highest BCUT2D eigenvalue weighted by Gasteiger charge is 2.75. The van der Waals surface area contributed by atoms with E-state index in [1.54, 1.807) is 0 Å². The van der Waals surface area contributed by atoms with E-state index in [1.807, 2.05) is 79.7 Å². The smallest absolute Gasteiger partial charge is 0.250 e. The first-order valence-corrected chi connectivity index (χ1v) is 13.7. The van der Waals surface area contributed by atoms with Crippen LogP contribution in [0.4, 0.5) is 5.69 Å². The summed E-state index contributed by atoms with van der Waals surface area (Å²) in [5, 5.41) is 18.2. The molecule has 202 valence electrons. The molecule has 39 heavy (non-hydrogen) atoms. The van der Waals surface area contributed by atoms with Crippen molar-refractivity contribution in [3.05, 3.63) is 78.4 Å². The summed E-state index contributed by atoms with van der Waals surface area (Å²) in [6, 6.07) is 21.7. The molecule has 1 spiro atoms. The van der Waals surface area contributed by atoms with Gasteiger partial charge < -0.3 is 25.4 Å². The van der Waals surface area contributed by atoms with Crippen LogP contribution in [0.25, 0.3) is 10.8 Å². The molecule has 6 atom stereocenters. The topological polar surface area (TPSA) is 108 Å². The third kappa shape index (κ3) is 4.19. The van der Waals surface area contributed by atoms with Crippen LogP contribution in [0, 0.1) is 11.8 Å². The number of rotatable bonds is 8. The number of carbonyl (C=O) groups excluding carboxylic acids is 3. The Morgan fingerprint density at radius 1 is 1.05 bits per heavy atom. The minimum atomic E-state index is -1.11. The third-order valence-electron chi connectivity index (χ3n) is 8.69. The van der Waals surface area contributed by atoms with Crippen LogP contribution in [0.15, 0.2) is 72.8 Å². The number of hydrogen-bond acceptors (Lipinski definition) is 5. The third-order valence-corrected chi connectivity index (χ3v) is 8.69. The first-order valence-electron chi connectivity index (χ1n) is 13.7. The average molecular weight is 528 g/mol. The molecular weight excluding hydrogens is 494 g/mol. The van der Waals surface area contributed by atoms with Gasteiger partial charge in [-0.2, -0.15) is 0 Å². The average Bonchev–Trinajstić information content (AvgIpc) is 3.60. The number of amides is 3. The maximum atomic E-state index is 14.0. The fourth-order valence-electron chi connectivity index (χ4n) is 6.88. The number of likely N-dealkylation sites (tertiary alicyclic amines) is 1. The summed E-state index contributed by atoms with van der Waals surface area (Å²) < 4.78 is 6.49. The molecule has 3 amide bonds. The number of aliphatic hydroxyl groups is 1. The quantitative estimate of drug-likeness (QED) is 0.417. The fourth-order valence-corrected chi connectivity index (χ4v) is 6.88. The van der Waals surface area contributed by atoms with Gasteiger partial charge in [0.2, 0.25) is 17.7 Å². The van der Waals surface area contributed by atoms with E-state index in [9.17, 15) is 19.5 Å². The molecule has 3 fully saturated rings. The summed E-state index contributed by atoms with van der Waals surface area (Å²) in [5.74, 6) is -2.36. The summed E-state index contributed by atoms with van der Waals surface area (Å²) in [7, 11) is 0. The molecule has 0 aliphatic carbocycles. The Morgan fingerprint density at radius 3 is 2.54 bits per heavy atom. The van der Waals surface area contributed by atoms with E-state index in [-0.39, 0.29) is 24.3 Å². The Labute approximate surface area is 227 Å². The Kier molecular flexibility index (Phi) is 6.61. The van der Waals surface area contributed by atoms with Crippen LogP contribution < -0.4 is 10.6 Å². The number of anilines is 1. The van der Waals surface area contributed by atoms with Gasteiger partial charge in [-0.15, -0.1) is 0 Å². The summed E-state index contributed by atoms with van der Waals surface area (Å²) in [4.78, 5) is 43.0. The van der Waals surface area contributed by atoms with Crippen LogP contribution >= 0.6 is 0 Å². The molecule has 3 aliphatic heterocycles. The van der Waals surface area contributed by atoms with E-state index >= 15 is 0 Å². The summed E-state index contributed by atoms with van der Waals surface area (Å²) >= 11 is 0. The normalized spacial score (nSPS) is 27.9. The van der Waals surface area contributed by atoms with Crippen LogP contribution in [0.1, 0.15) is 31.7 Å². The second kappa shape index (κ2) is 10.1. The van der Waals surface area contributed by atoms with Gasteiger partial charge in [-0.1, -0.05) is 67.6 Å². The molecule has 8 heteroatoms. The fraction of sp³-hybridized carbons (Fsp3) is 0.387. The number of carbonyl (C=O) groups is 3. The van der Waals surface area contributed by atoms with Crippen molar-refractivity contribution in [2.75, 3.05) is 11.9 Å². The maximum absolute atomic E-state index is 14.0. The van der Waals surface area contributed by atoms with E-state index in [1.165, 1.54) is 4.90 Å². The molecule has 3 aliphatic rings. The largest absolute Gasteiger partial charge is 0.394 e. The lowest BCUT2D eigenvalue weighted by atomic mass is 9.70. The van der Waals surface area contributed by atoms with Gasteiger partial charge in [-0.25, -0.2) is 0 Å². The van der Waals surface area contributed by atoms with Crippen molar-refractivity contribution in [1.29, 1.82) is 0 Å². The SMILES string of the molecule is CC[C@@H](CO)N1C(=O)[C@@H]2[C@@H](C(=O)NCc3ccccc3)[C@H]3CCC2(O3)C1C(=O)Nc1ccc2ccccc2c1. The van der Waals surface area contributed by atoms with Gasteiger partial charge in [-0.3, -0.25) is 14.4 Å². The molecule has 3 saturated heterocycles. The molecule has 3 aromatic carbocycles. The van der Waals surface area contributed by atoms with E-state index < -0.39 is 35.6 Å². The monoisotopic (exact) mass is 527 g/mol. The first kappa shape index (κ1) is 25.5. The molecule has 0 radical (unpaired) electrons. The van der Waals surface area contributed by atoms with E-state index in [4.69, 9.17) is 4.74 Å². The van der Waals surface area contributed by atoms with Crippen LogP contribution in [0.2, 0.25) is 0 Å². The van der Waals surface area contributed by atoms with E-state index in [0.29, 0.717) is 31.5 Å². The molecule has 2 bridgehead atoms. The van der Waals surface area contributed by atoms with Crippen molar-refractivity contribution in [1.82, 2.24) is 10.2 Å². The van der Waals surface area contributed by atoms with Gasteiger partial charge in [0, 0.05) is 12.2 Å². The molecule has 3 heterocycles. The Bertz CT molecular complexity index is 1410. The predicted molar refractivity (Wildman–Crippen MR) is 146 cm³/mol. The van der Waals surface area contributed by atoms with E-state index in [0.717, 1.165) is 16.3 Å². The van der Waals surface area contributed by atoms with Crippen LogP contribution in [-0.2, 0) is 25.7 Å². The minimum Gasteiger partial charge on any atom is -0.394 e. The lowest BCUT2D eigenvalue weighted by Crippen LogP contribution is -2.56. The Hall–Kier alpha value is -3.75. The standard InChI is InChI=1S/C31H33N3O5/c1-2-23(18-35)34-27(29(37)33-22-13-12-20-10-6-7-11-21(20)16-22)31-15-14-24(39-31)25(26(31)30(34)38)28(36)32-17-19-8-4-3-5-9-19/h3-13,16,23-27,35H,2,14-15,17-18H2,1H3,(H,32,36)(H,33,37)/t23-,24+,25-,26-,27?,31?/m0/s1. The Morgan fingerprint density at radius 2 is 1.79 bits per heavy atom. The van der Waals surface area contributed by atoms with Crippen molar-refractivity contribution in [2.24, 2.45) is 11.8 Å². The van der Waals surface area contributed by atoms with Crippen molar-refractivity contribution in [2.45, 2.75) is 56.5 Å². The van der Waals surface area contributed by atoms with Gasteiger partial charge >= 0.3 is 0 Å². The van der Waals surface area contributed by atoms with Crippen LogP contribution in [0.3, 0.4) is 0 Å².